The highest BCUT2D eigenvalue weighted by Gasteiger charge is 2.31. The summed E-state index contributed by atoms with van der Waals surface area (Å²) in [5.41, 5.74) is 10.2. The minimum Gasteiger partial charge on any atom is -0.383 e. The van der Waals surface area contributed by atoms with Crippen molar-refractivity contribution < 1.29 is 0 Å². The van der Waals surface area contributed by atoms with E-state index >= 15 is 0 Å². The molecule has 3 rings (SSSR count). The van der Waals surface area contributed by atoms with Gasteiger partial charge < -0.3 is 11.1 Å². The van der Waals surface area contributed by atoms with E-state index in [0.29, 0.717) is 22.9 Å². The lowest BCUT2D eigenvalue weighted by Gasteiger charge is -2.27. The Morgan fingerprint density at radius 2 is 1.89 bits per heavy atom. The Kier molecular flexibility index (Phi) is 5.95. The normalized spacial score (nSPS) is 18.2. The van der Waals surface area contributed by atoms with E-state index in [0.717, 1.165) is 28.9 Å². The zero-order chi connectivity index (χ0) is 19.2. The number of nitrogens with two attached hydrogens (primary N) is 1. The molecular weight excluding hydrogens is 356 g/mol. The standard InChI is InChI=1S/C22H21ClN4/c1-2-8-20-17(13-24)21(16-11-6-7-12-19(16)23)18(22(25)27-20)14-26-15-9-4-3-5-10-15/h3-7,9-12,14,21,26H,2,8H2,1H3,(H2,25,27)/b18-14-. The number of nitrogens with one attached hydrogen (secondary N) is 1. The molecule has 0 saturated carbocycles. The maximum atomic E-state index is 9.89. The number of allylic oxidation sites excluding steroid dienone is 2. The van der Waals surface area contributed by atoms with Crippen LogP contribution in [0.4, 0.5) is 5.69 Å². The maximum absolute atomic E-state index is 9.89. The molecule has 1 heterocycles. The molecule has 2 aromatic carbocycles. The van der Waals surface area contributed by atoms with Gasteiger partial charge in [0.1, 0.15) is 5.84 Å². The van der Waals surface area contributed by atoms with Crippen molar-refractivity contribution >= 4 is 23.1 Å². The summed E-state index contributed by atoms with van der Waals surface area (Å²) in [4.78, 5) is 4.52. The number of aliphatic imine (C=N–C) groups is 1. The molecule has 1 aliphatic rings. The lowest BCUT2D eigenvalue weighted by molar-refractivity contribution is 0.837. The van der Waals surface area contributed by atoms with Crippen molar-refractivity contribution in [2.24, 2.45) is 10.7 Å². The number of nitriles is 1. The van der Waals surface area contributed by atoms with Gasteiger partial charge in [-0.05, 0) is 30.2 Å². The Balaban J connectivity index is 2.12. The first-order valence-corrected chi connectivity index (χ1v) is 9.27. The second-order valence-electron chi connectivity index (χ2n) is 6.28. The second-order valence-corrected chi connectivity index (χ2v) is 6.69. The van der Waals surface area contributed by atoms with E-state index < -0.39 is 0 Å². The average molecular weight is 377 g/mol. The molecule has 1 unspecified atom stereocenters. The van der Waals surface area contributed by atoms with Crippen molar-refractivity contribution in [1.29, 1.82) is 5.26 Å². The van der Waals surface area contributed by atoms with Crippen molar-refractivity contribution in [2.45, 2.75) is 25.7 Å². The van der Waals surface area contributed by atoms with Gasteiger partial charge in [-0.25, -0.2) is 4.99 Å². The zero-order valence-corrected chi connectivity index (χ0v) is 15.9. The van der Waals surface area contributed by atoms with Gasteiger partial charge in [0.2, 0.25) is 0 Å². The third kappa shape index (κ3) is 4.05. The number of para-hydroxylation sites is 1. The van der Waals surface area contributed by atoms with Crippen LogP contribution in [0.5, 0.6) is 0 Å². The van der Waals surface area contributed by atoms with Gasteiger partial charge in [0.15, 0.2) is 0 Å². The third-order valence-corrected chi connectivity index (χ3v) is 4.80. The number of halogens is 1. The molecule has 1 atom stereocenters. The Morgan fingerprint density at radius 1 is 1.19 bits per heavy atom. The van der Waals surface area contributed by atoms with Crippen molar-refractivity contribution in [3.8, 4) is 6.07 Å². The largest absolute Gasteiger partial charge is 0.383 e. The number of rotatable bonds is 5. The first kappa shape index (κ1) is 18.8. The highest BCUT2D eigenvalue weighted by atomic mass is 35.5. The van der Waals surface area contributed by atoms with E-state index in [1.54, 1.807) is 0 Å². The monoisotopic (exact) mass is 376 g/mol. The molecule has 1 aliphatic heterocycles. The molecule has 3 N–H and O–H groups in total. The van der Waals surface area contributed by atoms with Gasteiger partial charge in [0.05, 0.1) is 23.3 Å². The molecule has 0 spiro atoms. The van der Waals surface area contributed by atoms with Gasteiger partial charge in [-0.2, -0.15) is 5.26 Å². The van der Waals surface area contributed by atoms with E-state index in [-0.39, 0.29) is 5.92 Å². The molecule has 0 aromatic heterocycles. The number of benzene rings is 2. The molecule has 0 saturated heterocycles. The van der Waals surface area contributed by atoms with E-state index in [1.165, 1.54) is 0 Å². The van der Waals surface area contributed by atoms with Crippen molar-refractivity contribution in [3.05, 3.63) is 88.2 Å². The number of nitrogens with zero attached hydrogens (tertiary/aromatic N) is 2. The van der Waals surface area contributed by atoms with Crippen LogP contribution in [0, 0.1) is 11.3 Å². The summed E-state index contributed by atoms with van der Waals surface area (Å²) in [5, 5.41) is 13.8. The Labute approximate surface area is 164 Å². The lowest BCUT2D eigenvalue weighted by atomic mass is 9.81. The Bertz CT molecular complexity index is 952. The second kappa shape index (κ2) is 8.57. The fourth-order valence-electron chi connectivity index (χ4n) is 3.18. The highest BCUT2D eigenvalue weighted by molar-refractivity contribution is 6.31. The average Bonchev–Trinajstić information content (AvgIpc) is 2.68. The van der Waals surface area contributed by atoms with Crippen LogP contribution in [0.2, 0.25) is 5.02 Å². The number of hydrogen-bond donors (Lipinski definition) is 2. The lowest BCUT2D eigenvalue weighted by Crippen LogP contribution is -2.26. The summed E-state index contributed by atoms with van der Waals surface area (Å²) < 4.78 is 0. The fourth-order valence-corrected chi connectivity index (χ4v) is 3.43. The van der Waals surface area contributed by atoms with Crippen LogP contribution in [0.3, 0.4) is 0 Å². The van der Waals surface area contributed by atoms with Crippen molar-refractivity contribution in [2.75, 3.05) is 5.32 Å². The van der Waals surface area contributed by atoms with Crippen LogP contribution in [0.1, 0.15) is 31.2 Å². The summed E-state index contributed by atoms with van der Waals surface area (Å²) >= 11 is 6.47. The first-order chi connectivity index (χ1) is 13.2. The Morgan fingerprint density at radius 3 is 2.56 bits per heavy atom. The zero-order valence-electron chi connectivity index (χ0n) is 15.1. The minimum atomic E-state index is -0.348. The molecule has 0 bridgehead atoms. The smallest absolute Gasteiger partial charge is 0.129 e. The van der Waals surface area contributed by atoms with Crippen LogP contribution in [-0.4, -0.2) is 5.84 Å². The predicted octanol–water partition coefficient (Wildman–Crippen LogP) is 5.37. The maximum Gasteiger partial charge on any atom is 0.129 e. The number of amidine groups is 1. The molecule has 27 heavy (non-hydrogen) atoms. The molecule has 5 heteroatoms. The fraction of sp³-hybridized carbons (Fsp3) is 0.182. The van der Waals surface area contributed by atoms with E-state index in [2.05, 4.69) is 23.3 Å². The Hall–Kier alpha value is -3.03. The SMILES string of the molecule is CCCC1=C(C#N)C(c2ccccc2Cl)/C(=C/Nc2ccccc2)C(N)=N1. The van der Waals surface area contributed by atoms with Gasteiger partial charge in [-0.3, -0.25) is 0 Å². The molecular formula is C22H21ClN4. The van der Waals surface area contributed by atoms with E-state index in [4.69, 9.17) is 17.3 Å². The van der Waals surface area contributed by atoms with E-state index in [9.17, 15) is 5.26 Å². The first-order valence-electron chi connectivity index (χ1n) is 8.89. The molecule has 136 valence electrons. The summed E-state index contributed by atoms with van der Waals surface area (Å²) in [7, 11) is 0. The summed E-state index contributed by atoms with van der Waals surface area (Å²) in [6, 6.07) is 19.7. The molecule has 2 aromatic rings. The van der Waals surface area contributed by atoms with Crippen LogP contribution in [0.15, 0.2) is 82.6 Å². The number of hydrogen-bond acceptors (Lipinski definition) is 4. The van der Waals surface area contributed by atoms with Gasteiger partial charge in [-0.15, -0.1) is 0 Å². The van der Waals surface area contributed by atoms with E-state index in [1.807, 2.05) is 60.8 Å². The number of anilines is 1. The van der Waals surface area contributed by atoms with Gasteiger partial charge in [0, 0.05) is 22.5 Å². The molecule has 0 amide bonds. The van der Waals surface area contributed by atoms with Gasteiger partial charge in [-0.1, -0.05) is 61.3 Å². The van der Waals surface area contributed by atoms with Crippen LogP contribution < -0.4 is 11.1 Å². The van der Waals surface area contributed by atoms with Gasteiger partial charge in [0.25, 0.3) is 0 Å². The minimum absolute atomic E-state index is 0.348. The molecule has 4 nitrogen and oxygen atoms in total. The van der Waals surface area contributed by atoms with Crippen LogP contribution in [-0.2, 0) is 0 Å². The highest BCUT2D eigenvalue weighted by Crippen LogP contribution is 2.41. The topological polar surface area (TPSA) is 74.2 Å². The van der Waals surface area contributed by atoms with Gasteiger partial charge >= 0.3 is 0 Å². The third-order valence-electron chi connectivity index (χ3n) is 4.45. The molecule has 0 aliphatic carbocycles. The van der Waals surface area contributed by atoms with Crippen LogP contribution >= 0.6 is 11.6 Å². The molecule has 0 radical (unpaired) electrons. The summed E-state index contributed by atoms with van der Waals surface area (Å²) in [6.45, 7) is 2.06. The summed E-state index contributed by atoms with van der Waals surface area (Å²) in [6.07, 6.45) is 3.40. The van der Waals surface area contributed by atoms with Crippen molar-refractivity contribution in [1.82, 2.24) is 0 Å². The molecule has 0 fully saturated rings. The predicted molar refractivity (Wildman–Crippen MR) is 112 cm³/mol. The van der Waals surface area contributed by atoms with Crippen LogP contribution in [0.25, 0.3) is 0 Å². The summed E-state index contributed by atoms with van der Waals surface area (Å²) in [5.74, 6) is 0.0600. The van der Waals surface area contributed by atoms with Crippen molar-refractivity contribution in [3.63, 3.8) is 0 Å². The quantitative estimate of drug-likeness (QED) is 0.736.